The summed E-state index contributed by atoms with van der Waals surface area (Å²) in [7, 11) is -3.36. The third kappa shape index (κ3) is 3.69. The van der Waals surface area contributed by atoms with Crippen LogP contribution in [-0.2, 0) is 10.0 Å². The van der Waals surface area contributed by atoms with Crippen molar-refractivity contribution in [3.05, 3.63) is 51.8 Å². The van der Waals surface area contributed by atoms with Gasteiger partial charge in [0.1, 0.15) is 4.21 Å². The summed E-state index contributed by atoms with van der Waals surface area (Å²) in [5, 5.41) is 0. The first kappa shape index (κ1) is 17.1. The van der Waals surface area contributed by atoms with Gasteiger partial charge in [0.2, 0.25) is 0 Å². The van der Waals surface area contributed by atoms with Gasteiger partial charge in [0.05, 0.1) is 3.79 Å². The van der Waals surface area contributed by atoms with Crippen LogP contribution in [0.4, 0.5) is 0 Å². The van der Waals surface area contributed by atoms with E-state index in [1.54, 1.807) is 16.4 Å². The van der Waals surface area contributed by atoms with Crippen LogP contribution in [0.5, 0.6) is 0 Å². The third-order valence-electron chi connectivity index (χ3n) is 4.25. The molecule has 0 saturated carbocycles. The minimum Gasteiger partial charge on any atom is -0.294 e. The third-order valence-corrected chi connectivity index (χ3v) is 8.24. The molecule has 3 rings (SSSR count). The SMILES string of the molecule is C[C@@H](c1ccccc1)N1CCN(S(=O)(=O)c2ccc(Br)s2)CC1. The average molecular weight is 415 g/mol. The van der Waals surface area contributed by atoms with Crippen molar-refractivity contribution in [2.24, 2.45) is 0 Å². The number of nitrogens with zero attached hydrogens (tertiary/aromatic N) is 2. The second-order valence-corrected chi connectivity index (χ2v) is 10.2. The molecule has 1 aromatic heterocycles. The van der Waals surface area contributed by atoms with E-state index >= 15 is 0 Å². The zero-order chi connectivity index (χ0) is 16.4. The van der Waals surface area contributed by atoms with E-state index in [4.69, 9.17) is 0 Å². The molecule has 1 saturated heterocycles. The average Bonchev–Trinajstić information content (AvgIpc) is 3.02. The number of thiophene rings is 1. The Kier molecular flexibility index (Phi) is 5.22. The van der Waals surface area contributed by atoms with Gasteiger partial charge >= 0.3 is 0 Å². The van der Waals surface area contributed by atoms with Crippen molar-refractivity contribution < 1.29 is 8.42 Å². The summed E-state index contributed by atoms with van der Waals surface area (Å²) < 4.78 is 28.1. The molecular weight excluding hydrogens is 396 g/mol. The predicted octanol–water partition coefficient (Wildman–Crippen LogP) is 3.58. The summed E-state index contributed by atoms with van der Waals surface area (Å²) in [5.74, 6) is 0. The molecular formula is C16H19BrN2O2S2. The second kappa shape index (κ2) is 7.03. The van der Waals surface area contributed by atoms with E-state index in [1.165, 1.54) is 16.9 Å². The molecule has 7 heteroatoms. The summed E-state index contributed by atoms with van der Waals surface area (Å²) in [4.78, 5) is 2.34. The summed E-state index contributed by atoms with van der Waals surface area (Å²) in [6.45, 7) is 4.75. The first-order chi connectivity index (χ1) is 11.0. The highest BCUT2D eigenvalue weighted by Gasteiger charge is 2.31. The second-order valence-electron chi connectivity index (χ2n) is 5.59. The fraction of sp³-hybridized carbons (Fsp3) is 0.375. The van der Waals surface area contributed by atoms with Crippen LogP contribution in [-0.4, -0.2) is 43.8 Å². The molecule has 4 nitrogen and oxygen atoms in total. The zero-order valence-corrected chi connectivity index (χ0v) is 16.1. The number of hydrogen-bond donors (Lipinski definition) is 0. The minimum atomic E-state index is -3.36. The fourth-order valence-electron chi connectivity index (χ4n) is 2.84. The monoisotopic (exact) mass is 414 g/mol. The van der Waals surface area contributed by atoms with Gasteiger partial charge in [-0.25, -0.2) is 8.42 Å². The Labute approximate surface area is 149 Å². The smallest absolute Gasteiger partial charge is 0.252 e. The van der Waals surface area contributed by atoms with E-state index in [1.807, 2.05) is 18.2 Å². The van der Waals surface area contributed by atoms with Gasteiger partial charge in [0.15, 0.2) is 0 Å². The molecule has 1 atom stereocenters. The van der Waals surface area contributed by atoms with Gasteiger partial charge in [-0.05, 0) is 40.5 Å². The van der Waals surface area contributed by atoms with Crippen molar-refractivity contribution in [2.45, 2.75) is 17.2 Å². The normalized spacial score (nSPS) is 18.9. The summed E-state index contributed by atoms with van der Waals surface area (Å²) in [6.07, 6.45) is 0. The molecule has 1 aromatic carbocycles. The van der Waals surface area contributed by atoms with Gasteiger partial charge in [-0.15, -0.1) is 11.3 Å². The Morgan fingerprint density at radius 2 is 1.70 bits per heavy atom. The first-order valence-electron chi connectivity index (χ1n) is 7.53. The van der Waals surface area contributed by atoms with E-state index in [-0.39, 0.29) is 0 Å². The molecule has 0 unspecified atom stereocenters. The summed E-state index contributed by atoms with van der Waals surface area (Å²) in [5.41, 5.74) is 1.27. The lowest BCUT2D eigenvalue weighted by molar-refractivity contribution is 0.146. The Bertz CT molecular complexity index is 753. The van der Waals surface area contributed by atoms with Crippen molar-refractivity contribution in [1.29, 1.82) is 0 Å². The van der Waals surface area contributed by atoms with Crippen molar-refractivity contribution >= 4 is 37.3 Å². The van der Waals surface area contributed by atoms with Crippen LogP contribution in [0.2, 0.25) is 0 Å². The van der Waals surface area contributed by atoms with Crippen LogP contribution >= 0.6 is 27.3 Å². The molecule has 124 valence electrons. The Morgan fingerprint density at radius 1 is 1.04 bits per heavy atom. The maximum atomic E-state index is 12.6. The van der Waals surface area contributed by atoms with E-state index in [0.29, 0.717) is 23.3 Å². The number of benzene rings is 1. The predicted molar refractivity (Wildman–Crippen MR) is 97.2 cm³/mol. The van der Waals surface area contributed by atoms with Crippen LogP contribution in [0.1, 0.15) is 18.5 Å². The topological polar surface area (TPSA) is 40.6 Å². The lowest BCUT2D eigenvalue weighted by Gasteiger charge is -2.37. The van der Waals surface area contributed by atoms with Crippen LogP contribution in [0.15, 0.2) is 50.5 Å². The first-order valence-corrected chi connectivity index (χ1v) is 10.6. The Hall–Kier alpha value is -0.730. The molecule has 0 aliphatic carbocycles. The van der Waals surface area contributed by atoms with Crippen LogP contribution in [0.3, 0.4) is 0 Å². The highest BCUT2D eigenvalue weighted by atomic mass is 79.9. The van der Waals surface area contributed by atoms with Gasteiger partial charge < -0.3 is 0 Å². The summed E-state index contributed by atoms with van der Waals surface area (Å²) >= 11 is 4.60. The molecule has 0 amide bonds. The number of sulfonamides is 1. The van der Waals surface area contributed by atoms with Gasteiger partial charge in [0, 0.05) is 32.2 Å². The fourth-order valence-corrected chi connectivity index (χ4v) is 6.42. The van der Waals surface area contributed by atoms with Crippen molar-refractivity contribution in [1.82, 2.24) is 9.21 Å². The quantitative estimate of drug-likeness (QED) is 0.767. The van der Waals surface area contributed by atoms with Crippen LogP contribution < -0.4 is 0 Å². The minimum absolute atomic E-state index is 0.303. The van der Waals surface area contributed by atoms with Gasteiger partial charge in [-0.3, -0.25) is 4.90 Å². The number of halogens is 1. The van der Waals surface area contributed by atoms with E-state index in [9.17, 15) is 8.42 Å². The van der Waals surface area contributed by atoms with Gasteiger partial charge in [-0.1, -0.05) is 30.3 Å². The molecule has 0 bridgehead atoms. The highest BCUT2D eigenvalue weighted by molar-refractivity contribution is 9.11. The van der Waals surface area contributed by atoms with Gasteiger partial charge in [-0.2, -0.15) is 4.31 Å². The standard InChI is InChI=1S/C16H19BrN2O2S2/c1-13(14-5-3-2-4-6-14)18-9-11-19(12-10-18)23(20,21)16-8-7-15(17)22-16/h2-8,13H,9-12H2,1H3/t13-/m0/s1. The maximum absolute atomic E-state index is 12.6. The molecule has 1 aliphatic heterocycles. The lowest BCUT2D eigenvalue weighted by Crippen LogP contribution is -2.49. The van der Waals surface area contributed by atoms with Gasteiger partial charge in [0.25, 0.3) is 10.0 Å². The number of rotatable bonds is 4. The van der Waals surface area contributed by atoms with E-state index in [2.05, 4.69) is 39.9 Å². The molecule has 0 spiro atoms. The van der Waals surface area contributed by atoms with E-state index in [0.717, 1.165) is 16.9 Å². The molecule has 1 aliphatic rings. The molecule has 0 radical (unpaired) electrons. The molecule has 2 heterocycles. The molecule has 1 fully saturated rings. The van der Waals surface area contributed by atoms with E-state index < -0.39 is 10.0 Å². The number of piperazine rings is 1. The molecule has 0 N–H and O–H groups in total. The van der Waals surface area contributed by atoms with Crippen molar-refractivity contribution in [3.8, 4) is 0 Å². The zero-order valence-electron chi connectivity index (χ0n) is 12.9. The molecule has 2 aromatic rings. The van der Waals surface area contributed by atoms with Crippen molar-refractivity contribution in [3.63, 3.8) is 0 Å². The van der Waals surface area contributed by atoms with Crippen molar-refractivity contribution in [2.75, 3.05) is 26.2 Å². The van der Waals surface area contributed by atoms with Crippen LogP contribution in [0, 0.1) is 0 Å². The maximum Gasteiger partial charge on any atom is 0.252 e. The largest absolute Gasteiger partial charge is 0.294 e. The van der Waals surface area contributed by atoms with Crippen LogP contribution in [0.25, 0.3) is 0 Å². The lowest BCUT2D eigenvalue weighted by atomic mass is 10.1. The highest BCUT2D eigenvalue weighted by Crippen LogP contribution is 2.30. The Balaban J connectivity index is 1.67. The summed E-state index contributed by atoms with van der Waals surface area (Å²) in [6, 6.07) is 14.1. The number of hydrogen-bond acceptors (Lipinski definition) is 4. The molecule has 23 heavy (non-hydrogen) atoms. The Morgan fingerprint density at radius 3 is 2.26 bits per heavy atom.